The minimum absolute atomic E-state index is 0.144. The summed E-state index contributed by atoms with van der Waals surface area (Å²) < 4.78 is 6.67. The number of hydrogen-bond donors (Lipinski definition) is 0. The van der Waals surface area contributed by atoms with Gasteiger partial charge < -0.3 is 0 Å². The van der Waals surface area contributed by atoms with Crippen molar-refractivity contribution in [3.63, 3.8) is 0 Å². The fourth-order valence-electron chi connectivity index (χ4n) is 2.01. The van der Waals surface area contributed by atoms with E-state index >= 15 is 0 Å². The Kier molecular flexibility index (Phi) is 1.58. The second-order valence-electron chi connectivity index (χ2n) is 3.38. The molecule has 0 atom stereocenters. The molecule has 0 saturated carbocycles. The molecule has 2 aromatic carbocycles. The van der Waals surface area contributed by atoms with Crippen LogP contribution in [0.2, 0.25) is 0 Å². The molecule has 2 aliphatic heterocycles. The Morgan fingerprint density at radius 2 is 0.929 bits per heavy atom. The first-order chi connectivity index (χ1) is 6.93. The van der Waals surface area contributed by atoms with Gasteiger partial charge >= 0.3 is 42.4 Å². The molecule has 0 fully saturated rings. The summed E-state index contributed by atoms with van der Waals surface area (Å²) in [6.07, 6.45) is 0. The minimum Gasteiger partial charge on any atom is -0.0532 e. The third-order valence-corrected chi connectivity index (χ3v) is 8.50. The second kappa shape index (κ2) is 2.72. The Morgan fingerprint density at radius 3 is 1.29 bits per heavy atom. The van der Waals surface area contributed by atoms with Gasteiger partial charge in [0, 0.05) is 0 Å². The van der Waals surface area contributed by atoms with Gasteiger partial charge in [0.25, 0.3) is 0 Å². The van der Waals surface area contributed by atoms with Crippen LogP contribution in [0.4, 0.5) is 0 Å². The van der Waals surface area contributed by atoms with E-state index in [2.05, 4.69) is 36.4 Å². The SMILES string of the molecule is c1cc2c3c(c1)[I+]c1cccc(c1-3)[I+]2. The van der Waals surface area contributed by atoms with Crippen LogP contribution in [0.3, 0.4) is 0 Å². The van der Waals surface area contributed by atoms with E-state index in [9.17, 15) is 0 Å². The summed E-state index contributed by atoms with van der Waals surface area (Å²) in [6.45, 7) is 0. The third-order valence-electron chi connectivity index (χ3n) is 2.58. The summed E-state index contributed by atoms with van der Waals surface area (Å²) in [4.78, 5) is 0. The highest BCUT2D eigenvalue weighted by Gasteiger charge is 2.48. The molecule has 0 bridgehead atoms. The lowest BCUT2D eigenvalue weighted by molar-refractivity contribution is -0.608. The maximum atomic E-state index is 2.34. The molecule has 0 saturated heterocycles. The Morgan fingerprint density at radius 1 is 0.571 bits per heavy atom. The largest absolute Gasteiger partial charge is 0.359 e. The summed E-state index contributed by atoms with van der Waals surface area (Å²) in [5, 5.41) is 0. The molecule has 2 aromatic rings. The van der Waals surface area contributed by atoms with Crippen LogP contribution in [0.1, 0.15) is 0 Å². The molecule has 4 rings (SSSR count). The van der Waals surface area contributed by atoms with Crippen molar-refractivity contribution in [3.05, 3.63) is 50.7 Å². The lowest BCUT2D eigenvalue weighted by atomic mass is 10.1. The molecular formula is C12H6I2+2. The highest BCUT2D eigenvalue weighted by Crippen LogP contribution is 2.24. The van der Waals surface area contributed by atoms with Crippen molar-refractivity contribution in [1.82, 2.24) is 0 Å². The molecule has 0 nitrogen and oxygen atoms in total. The van der Waals surface area contributed by atoms with Crippen molar-refractivity contribution in [3.8, 4) is 11.1 Å². The van der Waals surface area contributed by atoms with Crippen LogP contribution in [-0.2, 0) is 0 Å². The summed E-state index contributed by atoms with van der Waals surface area (Å²) >= 11 is 0.289. The summed E-state index contributed by atoms with van der Waals surface area (Å²) in [7, 11) is 0. The van der Waals surface area contributed by atoms with Crippen LogP contribution >= 0.6 is 0 Å². The van der Waals surface area contributed by atoms with E-state index < -0.39 is 0 Å². The Balaban J connectivity index is 2.22. The van der Waals surface area contributed by atoms with Crippen molar-refractivity contribution in [1.29, 1.82) is 0 Å². The highest BCUT2D eigenvalue weighted by molar-refractivity contribution is 5.65. The van der Waals surface area contributed by atoms with Crippen molar-refractivity contribution < 1.29 is 42.4 Å². The molecular weight excluding hydrogens is 398 g/mol. The average Bonchev–Trinajstić information content (AvgIpc) is 2.74. The topological polar surface area (TPSA) is 0 Å². The van der Waals surface area contributed by atoms with Crippen molar-refractivity contribution in [2.45, 2.75) is 0 Å². The van der Waals surface area contributed by atoms with Gasteiger partial charge in [0.1, 0.15) is 0 Å². The van der Waals surface area contributed by atoms with Gasteiger partial charge in [0.2, 0.25) is 14.3 Å². The number of rotatable bonds is 0. The van der Waals surface area contributed by atoms with Gasteiger partial charge in [-0.1, -0.05) is 12.1 Å². The molecule has 0 unspecified atom stereocenters. The van der Waals surface area contributed by atoms with E-state index in [1.165, 1.54) is 0 Å². The van der Waals surface area contributed by atoms with Crippen LogP contribution in [0.25, 0.3) is 11.1 Å². The number of hydrogen-bond acceptors (Lipinski definition) is 0. The van der Waals surface area contributed by atoms with Crippen molar-refractivity contribution in [2.75, 3.05) is 0 Å². The molecule has 2 aliphatic rings. The van der Waals surface area contributed by atoms with Gasteiger partial charge in [0.05, 0.1) is 11.1 Å². The zero-order valence-corrected chi connectivity index (χ0v) is 11.5. The van der Waals surface area contributed by atoms with Crippen molar-refractivity contribution in [2.24, 2.45) is 0 Å². The fraction of sp³-hybridized carbons (Fsp3) is 0. The maximum Gasteiger partial charge on any atom is 0.359 e. The quantitative estimate of drug-likeness (QED) is 0.265. The molecule has 0 N–H and O–H groups in total. The van der Waals surface area contributed by atoms with E-state index in [4.69, 9.17) is 0 Å². The van der Waals surface area contributed by atoms with E-state index in [0.29, 0.717) is 0 Å². The summed E-state index contributed by atoms with van der Waals surface area (Å²) in [5.74, 6) is 0. The molecule has 0 radical (unpaired) electrons. The van der Waals surface area contributed by atoms with Gasteiger partial charge in [-0.2, -0.15) is 0 Å². The first-order valence-electron chi connectivity index (χ1n) is 4.49. The smallest absolute Gasteiger partial charge is 0.0532 e. The molecule has 66 valence electrons. The normalized spacial score (nSPS) is 14.6. The van der Waals surface area contributed by atoms with Crippen LogP contribution in [0, 0.1) is 14.3 Å². The average molecular weight is 404 g/mol. The molecule has 0 aliphatic carbocycles. The molecule has 2 heterocycles. The Hall–Kier alpha value is -0.100. The molecule has 0 spiro atoms. The van der Waals surface area contributed by atoms with Gasteiger partial charge in [0.15, 0.2) is 0 Å². The summed E-state index contributed by atoms with van der Waals surface area (Å²) in [5.41, 5.74) is 3.30. The lowest BCUT2D eigenvalue weighted by Gasteiger charge is -1.84. The lowest BCUT2D eigenvalue weighted by Crippen LogP contribution is -3.63. The van der Waals surface area contributed by atoms with Crippen molar-refractivity contribution >= 4 is 0 Å². The Labute approximate surface area is 103 Å². The van der Waals surface area contributed by atoms with Gasteiger partial charge in [-0.3, -0.25) is 0 Å². The van der Waals surface area contributed by atoms with E-state index in [1.807, 2.05) is 0 Å². The van der Waals surface area contributed by atoms with Gasteiger partial charge in [-0.05, 0) is 24.3 Å². The molecule has 14 heavy (non-hydrogen) atoms. The van der Waals surface area contributed by atoms with Crippen LogP contribution in [0.15, 0.2) is 36.4 Å². The van der Waals surface area contributed by atoms with E-state index in [0.717, 1.165) is 0 Å². The molecule has 0 aromatic heterocycles. The Bertz CT molecular complexity index is 466. The zero-order valence-electron chi connectivity index (χ0n) is 7.22. The summed E-state index contributed by atoms with van der Waals surface area (Å²) in [6, 6.07) is 13.9. The minimum atomic E-state index is 0.144. The first kappa shape index (κ1) is 8.10. The van der Waals surface area contributed by atoms with Gasteiger partial charge in [-0.25, -0.2) is 0 Å². The van der Waals surface area contributed by atoms with E-state index in [1.54, 1.807) is 25.4 Å². The second-order valence-corrected chi connectivity index (χ2v) is 9.11. The third kappa shape index (κ3) is 0.888. The van der Waals surface area contributed by atoms with Crippen LogP contribution in [0.5, 0.6) is 0 Å². The molecule has 2 heteroatoms. The predicted molar refractivity (Wildman–Crippen MR) is 46.7 cm³/mol. The number of benzene rings is 2. The van der Waals surface area contributed by atoms with E-state index in [-0.39, 0.29) is 42.4 Å². The first-order valence-corrected chi connectivity index (χ1v) is 8.81. The standard InChI is InChI=1S/C12H6I2/c1-3-7-11-8(4-1)14-10-6-2-5-9(13-7)12(10)11/h1-6H/q+2. The highest BCUT2D eigenvalue weighted by atomic mass is 127. The molecule has 0 amide bonds. The fourth-order valence-corrected chi connectivity index (χ4v) is 9.16. The predicted octanol–water partition coefficient (Wildman–Crippen LogP) is -3.76. The maximum absolute atomic E-state index is 2.34. The number of halogens is 2. The van der Waals surface area contributed by atoms with Gasteiger partial charge in [-0.15, -0.1) is 0 Å². The zero-order chi connectivity index (χ0) is 9.12. The van der Waals surface area contributed by atoms with Crippen LogP contribution < -0.4 is 42.4 Å². The monoisotopic (exact) mass is 404 g/mol. The van der Waals surface area contributed by atoms with Crippen LogP contribution in [-0.4, -0.2) is 0 Å².